The molecule has 2 aliphatic heterocycles. The van der Waals surface area contributed by atoms with Crippen molar-refractivity contribution in [3.05, 3.63) is 29.3 Å². The Morgan fingerprint density at radius 3 is 2.48 bits per heavy atom. The van der Waals surface area contributed by atoms with Crippen LogP contribution in [0.3, 0.4) is 0 Å². The van der Waals surface area contributed by atoms with E-state index < -0.39 is 10.0 Å². The maximum Gasteiger partial charge on any atom is 0.254 e. The van der Waals surface area contributed by atoms with Gasteiger partial charge in [-0.3, -0.25) is 9.59 Å². The van der Waals surface area contributed by atoms with Gasteiger partial charge in [-0.1, -0.05) is 19.9 Å². The summed E-state index contributed by atoms with van der Waals surface area (Å²) in [6.07, 6.45) is 4.40. The molecule has 2 amide bonds. The minimum absolute atomic E-state index is 0.109. The van der Waals surface area contributed by atoms with Gasteiger partial charge in [-0.15, -0.1) is 0 Å². The topological polar surface area (TPSA) is 78.0 Å². The van der Waals surface area contributed by atoms with E-state index in [0.717, 1.165) is 31.2 Å². The number of fused-ring (bicyclic) bond motifs is 1. The summed E-state index contributed by atoms with van der Waals surface area (Å²) in [4.78, 5) is 30.0. The SMILES string of the molecule is CCN(CC)S(=O)(=O)c1ccc(C)c(C(=O)N2CC[C@@H]3[C@H](CCC(=O)N3C3CC3)C2)c1. The number of rotatable bonds is 6. The molecular weight excluding hydrogens is 414 g/mol. The van der Waals surface area contributed by atoms with Gasteiger partial charge in [-0.05, 0) is 56.2 Å². The van der Waals surface area contributed by atoms with E-state index >= 15 is 0 Å². The van der Waals surface area contributed by atoms with Gasteiger partial charge in [0.2, 0.25) is 15.9 Å². The molecule has 1 aromatic rings. The highest BCUT2D eigenvalue weighted by Crippen LogP contribution is 2.39. The van der Waals surface area contributed by atoms with Gasteiger partial charge in [0, 0.05) is 50.2 Å². The van der Waals surface area contributed by atoms with E-state index in [-0.39, 0.29) is 22.8 Å². The molecule has 0 radical (unpaired) electrons. The lowest BCUT2D eigenvalue weighted by Gasteiger charge is -2.47. The molecule has 3 aliphatic rings. The van der Waals surface area contributed by atoms with Crippen LogP contribution in [-0.2, 0) is 14.8 Å². The van der Waals surface area contributed by atoms with Crippen molar-refractivity contribution >= 4 is 21.8 Å². The fraction of sp³-hybridized carbons (Fsp3) is 0.652. The summed E-state index contributed by atoms with van der Waals surface area (Å²) in [5.41, 5.74) is 1.24. The summed E-state index contributed by atoms with van der Waals surface area (Å²) < 4.78 is 27.3. The molecule has 1 aliphatic carbocycles. The third-order valence-corrected chi connectivity index (χ3v) is 9.12. The molecule has 2 heterocycles. The molecule has 1 saturated carbocycles. The van der Waals surface area contributed by atoms with Gasteiger partial charge < -0.3 is 9.80 Å². The Kier molecular flexibility index (Phi) is 6.14. The second-order valence-electron chi connectivity index (χ2n) is 9.00. The molecule has 8 heteroatoms. The van der Waals surface area contributed by atoms with Crippen LogP contribution in [0.5, 0.6) is 0 Å². The molecule has 0 aromatic heterocycles. The van der Waals surface area contributed by atoms with Crippen LogP contribution in [0.2, 0.25) is 0 Å². The highest BCUT2D eigenvalue weighted by molar-refractivity contribution is 7.89. The van der Waals surface area contributed by atoms with Crippen molar-refractivity contribution in [3.63, 3.8) is 0 Å². The van der Waals surface area contributed by atoms with Crippen molar-refractivity contribution in [2.24, 2.45) is 5.92 Å². The number of hydrogen-bond donors (Lipinski definition) is 0. The number of aryl methyl sites for hydroxylation is 1. The summed E-state index contributed by atoms with van der Waals surface area (Å²) in [5, 5.41) is 0. The number of sulfonamides is 1. The second kappa shape index (κ2) is 8.54. The number of carbonyl (C=O) groups is 2. The van der Waals surface area contributed by atoms with Crippen LogP contribution in [0.1, 0.15) is 61.9 Å². The van der Waals surface area contributed by atoms with Crippen molar-refractivity contribution < 1.29 is 18.0 Å². The predicted octanol–water partition coefficient (Wildman–Crippen LogP) is 2.64. The van der Waals surface area contributed by atoms with Crippen molar-refractivity contribution in [1.29, 1.82) is 0 Å². The fourth-order valence-electron chi connectivity index (χ4n) is 5.18. The first-order chi connectivity index (χ1) is 14.8. The summed E-state index contributed by atoms with van der Waals surface area (Å²) in [6.45, 7) is 7.48. The summed E-state index contributed by atoms with van der Waals surface area (Å²) in [6, 6.07) is 5.51. The van der Waals surface area contributed by atoms with Crippen LogP contribution in [0.15, 0.2) is 23.1 Å². The molecule has 7 nitrogen and oxygen atoms in total. The number of hydrogen-bond acceptors (Lipinski definition) is 4. The van der Waals surface area contributed by atoms with Crippen molar-refractivity contribution in [1.82, 2.24) is 14.1 Å². The highest BCUT2D eigenvalue weighted by atomic mass is 32.2. The minimum Gasteiger partial charge on any atom is -0.338 e. The monoisotopic (exact) mass is 447 g/mol. The molecule has 0 spiro atoms. The molecule has 0 N–H and O–H groups in total. The van der Waals surface area contributed by atoms with Crippen LogP contribution >= 0.6 is 0 Å². The lowest BCUT2D eigenvalue weighted by Crippen LogP contribution is -2.57. The largest absolute Gasteiger partial charge is 0.338 e. The Bertz CT molecular complexity index is 969. The van der Waals surface area contributed by atoms with Crippen LogP contribution in [0.4, 0.5) is 0 Å². The van der Waals surface area contributed by atoms with Crippen molar-refractivity contribution in [2.45, 2.75) is 69.9 Å². The first-order valence-electron chi connectivity index (χ1n) is 11.5. The zero-order chi connectivity index (χ0) is 22.3. The molecule has 1 aromatic carbocycles. The van der Waals surface area contributed by atoms with Gasteiger partial charge in [0.1, 0.15) is 0 Å². The van der Waals surface area contributed by atoms with Gasteiger partial charge >= 0.3 is 0 Å². The average molecular weight is 448 g/mol. The van der Waals surface area contributed by atoms with Crippen LogP contribution < -0.4 is 0 Å². The van der Waals surface area contributed by atoms with Gasteiger partial charge in [0.25, 0.3) is 5.91 Å². The molecule has 0 unspecified atom stereocenters. The lowest BCUT2D eigenvalue weighted by atomic mass is 9.83. The van der Waals surface area contributed by atoms with E-state index in [4.69, 9.17) is 0 Å². The zero-order valence-corrected chi connectivity index (χ0v) is 19.5. The molecule has 4 rings (SSSR count). The number of nitrogens with zero attached hydrogens (tertiary/aromatic N) is 3. The van der Waals surface area contributed by atoms with Gasteiger partial charge in [-0.2, -0.15) is 4.31 Å². The standard InChI is InChI=1S/C23H33N3O4S/c1-4-25(5-2)31(29,30)19-10-6-16(3)20(14-19)23(28)24-13-12-21-17(15-24)7-11-22(27)26(21)18-8-9-18/h6,10,14,17-18,21H,4-5,7-9,11-13,15H2,1-3H3/t17-,21-/m1/s1. The van der Waals surface area contributed by atoms with Crippen molar-refractivity contribution in [2.75, 3.05) is 26.2 Å². The first-order valence-corrected chi connectivity index (χ1v) is 12.9. The van der Waals surface area contributed by atoms with E-state index in [1.54, 1.807) is 12.1 Å². The molecule has 2 atom stereocenters. The van der Waals surface area contributed by atoms with Crippen LogP contribution in [0.25, 0.3) is 0 Å². The third kappa shape index (κ3) is 4.12. The minimum atomic E-state index is -3.62. The Morgan fingerprint density at radius 1 is 1.13 bits per heavy atom. The number of piperidine rings is 2. The van der Waals surface area contributed by atoms with E-state index in [9.17, 15) is 18.0 Å². The van der Waals surface area contributed by atoms with Gasteiger partial charge in [-0.25, -0.2) is 8.42 Å². The lowest BCUT2D eigenvalue weighted by molar-refractivity contribution is -0.141. The Balaban J connectivity index is 1.54. The second-order valence-corrected chi connectivity index (χ2v) is 10.9. The molecule has 0 bridgehead atoms. The summed E-state index contributed by atoms with van der Waals surface area (Å²) in [5.74, 6) is 0.468. The zero-order valence-electron chi connectivity index (χ0n) is 18.7. The molecule has 31 heavy (non-hydrogen) atoms. The summed E-state index contributed by atoms with van der Waals surface area (Å²) in [7, 11) is -3.62. The van der Waals surface area contributed by atoms with E-state index in [1.807, 2.05) is 25.7 Å². The Labute approximate surface area is 185 Å². The number of amides is 2. The molecule has 3 fully saturated rings. The number of likely N-dealkylation sites (tertiary alicyclic amines) is 2. The highest BCUT2D eigenvalue weighted by Gasteiger charge is 2.46. The predicted molar refractivity (Wildman–Crippen MR) is 118 cm³/mol. The Morgan fingerprint density at radius 2 is 1.84 bits per heavy atom. The maximum atomic E-state index is 13.4. The van der Waals surface area contributed by atoms with Crippen LogP contribution in [-0.4, -0.2) is 72.6 Å². The molecule has 170 valence electrons. The first kappa shape index (κ1) is 22.3. The third-order valence-electron chi connectivity index (χ3n) is 7.08. The van der Waals surface area contributed by atoms with Gasteiger partial charge in [0.15, 0.2) is 0 Å². The number of carbonyl (C=O) groups excluding carboxylic acids is 2. The number of benzene rings is 1. The summed E-state index contributed by atoms with van der Waals surface area (Å²) >= 11 is 0. The van der Waals surface area contributed by atoms with Crippen molar-refractivity contribution in [3.8, 4) is 0 Å². The van der Waals surface area contributed by atoms with E-state index in [2.05, 4.69) is 4.90 Å². The maximum absolute atomic E-state index is 13.4. The molecule has 2 saturated heterocycles. The van der Waals surface area contributed by atoms with E-state index in [0.29, 0.717) is 50.1 Å². The normalized spacial score (nSPS) is 24.5. The Hall–Kier alpha value is -1.93. The van der Waals surface area contributed by atoms with Gasteiger partial charge in [0.05, 0.1) is 4.90 Å². The smallest absolute Gasteiger partial charge is 0.254 e. The quantitative estimate of drug-likeness (QED) is 0.672. The molecular formula is C23H33N3O4S. The fourth-order valence-corrected chi connectivity index (χ4v) is 6.66. The van der Waals surface area contributed by atoms with E-state index in [1.165, 1.54) is 10.4 Å². The van der Waals surface area contributed by atoms with Crippen LogP contribution in [0, 0.1) is 12.8 Å². The average Bonchev–Trinajstić information content (AvgIpc) is 3.58.